The molecule has 0 atom stereocenters. The van der Waals surface area contributed by atoms with Crippen molar-refractivity contribution in [2.75, 3.05) is 0 Å². The number of rotatable bonds is 1. The third kappa shape index (κ3) is 2.72. The fraction of sp³-hybridized carbons (Fsp3) is 1.00. The Bertz CT molecular complexity index is 10.0. The summed E-state index contributed by atoms with van der Waals surface area (Å²) in [4.78, 5) is 0. The van der Waals surface area contributed by atoms with Crippen LogP contribution in [-0.4, -0.2) is 27.3 Å². The Morgan fingerprint density at radius 2 is 2.25 bits per heavy atom. The Kier molecular flexibility index (Phi) is 4.39. The quantitative estimate of drug-likeness (QED) is 0.422. The van der Waals surface area contributed by atoms with E-state index in [9.17, 15) is 0 Å². The molecule has 0 amide bonds. The second-order valence-corrected chi connectivity index (χ2v) is 11.3. The van der Waals surface area contributed by atoms with E-state index >= 15 is 0 Å². The van der Waals surface area contributed by atoms with Gasteiger partial charge in [-0.25, -0.2) is 0 Å². The van der Waals surface area contributed by atoms with Crippen LogP contribution < -0.4 is 0 Å². The summed E-state index contributed by atoms with van der Waals surface area (Å²) in [6, 6.07) is 0. The van der Waals surface area contributed by atoms with Crippen molar-refractivity contribution in [2.45, 2.75) is 6.55 Å². The van der Waals surface area contributed by atoms with Crippen LogP contribution in [0.4, 0.5) is 0 Å². The topological polar surface area (TPSA) is 20.2 Å². The molecule has 0 bridgehead atoms. The molecule has 0 saturated carbocycles. The first-order valence-corrected chi connectivity index (χ1v) is 11.6. The molecule has 3 heteroatoms. The fourth-order valence-electron chi connectivity index (χ4n) is 0. The molecule has 0 spiro atoms. The molecule has 0 aromatic heterocycles. The molecule has 1 nitrogen and oxygen atoms in total. The molecule has 4 heavy (non-hydrogen) atoms. The molecule has 0 radical (unpaired) electrons. The number of hydrogen-bond donors (Lipinski definition) is 1. The van der Waals surface area contributed by atoms with Crippen LogP contribution in [0.5, 0.6) is 0 Å². The van der Waals surface area contributed by atoms with E-state index in [-0.39, 0.29) is 8.04 Å². The van der Waals surface area contributed by atoms with E-state index in [1.807, 2.05) is 0 Å². The van der Waals surface area contributed by atoms with Gasteiger partial charge in [0, 0.05) is 0 Å². The molecule has 0 aliphatic carbocycles. The van der Waals surface area contributed by atoms with Crippen LogP contribution in [0.2, 0.25) is 6.55 Å². The van der Waals surface area contributed by atoms with E-state index in [0.29, 0.717) is 0 Å². The molecule has 0 saturated heterocycles. The normalized spacial score (nSPS) is 13.5. The zero-order valence-electron chi connectivity index (χ0n) is 2.86. The summed E-state index contributed by atoms with van der Waals surface area (Å²) in [5.74, 6) is 0. The minimum absolute atomic E-state index is 0.167. The van der Waals surface area contributed by atoms with Gasteiger partial charge in [-0.1, -0.05) is 0 Å². The Morgan fingerprint density at radius 3 is 2.25 bits per heavy atom. The minimum atomic E-state index is -0.750. The van der Waals surface area contributed by atoms with Gasteiger partial charge in [-0.15, -0.1) is 0 Å². The van der Waals surface area contributed by atoms with Crippen molar-refractivity contribution in [2.24, 2.45) is 0 Å². The zero-order chi connectivity index (χ0) is 3.41. The van der Waals surface area contributed by atoms with E-state index in [4.69, 9.17) is 4.13 Å². The van der Waals surface area contributed by atoms with E-state index in [2.05, 4.69) is 6.55 Å². The molecule has 0 heterocycles. The van der Waals surface area contributed by atoms with Gasteiger partial charge < -0.3 is 0 Å². The Hall–Kier alpha value is 0.720. The van der Waals surface area contributed by atoms with Gasteiger partial charge in [0.05, 0.1) is 0 Å². The van der Waals surface area contributed by atoms with Crippen LogP contribution in [0, 0.1) is 0 Å². The van der Waals surface area contributed by atoms with Gasteiger partial charge in [0.1, 0.15) is 0 Å². The van der Waals surface area contributed by atoms with Crippen LogP contribution >= 0.6 is 0 Å². The number of hydrogen-bond acceptors (Lipinski definition) is 1. The summed E-state index contributed by atoms with van der Waals surface area (Å²) in [5.41, 5.74) is 0. The van der Waals surface area contributed by atoms with Crippen molar-refractivity contribution in [1.29, 1.82) is 0 Å². The van der Waals surface area contributed by atoms with Crippen LogP contribution in [0.3, 0.4) is 0 Å². The Morgan fingerprint density at radius 1 is 2.00 bits per heavy atom. The second-order valence-electron chi connectivity index (χ2n) is 0.724. The molecule has 0 aliphatic rings. The molecule has 0 unspecified atom stereocenters. The van der Waals surface area contributed by atoms with E-state index in [1.165, 1.54) is 0 Å². The van der Waals surface area contributed by atoms with Crippen LogP contribution in [0.15, 0.2) is 0 Å². The molecular weight excluding hydrogens is 129 g/mol. The van der Waals surface area contributed by atoms with Gasteiger partial charge >= 0.3 is 33.8 Å². The molecular formula is CH8GeOSi. The van der Waals surface area contributed by atoms with Gasteiger partial charge in [-0.2, -0.15) is 0 Å². The van der Waals surface area contributed by atoms with Crippen LogP contribution in [-0.2, 0) is 0 Å². The van der Waals surface area contributed by atoms with Gasteiger partial charge in [0.15, 0.2) is 0 Å². The molecule has 0 aromatic carbocycles. The van der Waals surface area contributed by atoms with Crippen LogP contribution in [0.25, 0.3) is 0 Å². The summed E-state index contributed by atoms with van der Waals surface area (Å²) < 4.78 is 8.12. The monoisotopic (exact) mass is 138 g/mol. The average Bonchev–Trinajstić information content (AvgIpc) is 1.37. The van der Waals surface area contributed by atoms with Crippen molar-refractivity contribution in [3.63, 3.8) is 0 Å². The van der Waals surface area contributed by atoms with E-state index < -0.39 is 15.1 Å². The standard InChI is InChI=1S/CH8GeOSi/c1-4-2-3/h3H,2,4H2,1H3. The molecule has 1 N–H and O–H groups in total. The van der Waals surface area contributed by atoms with E-state index in [1.54, 1.807) is 0 Å². The maximum absolute atomic E-state index is 8.12. The summed E-state index contributed by atoms with van der Waals surface area (Å²) in [7, 11) is 0.167. The molecule has 26 valence electrons. The van der Waals surface area contributed by atoms with Gasteiger partial charge in [-0.3, -0.25) is 0 Å². The van der Waals surface area contributed by atoms with E-state index in [0.717, 1.165) is 0 Å². The Balaban J connectivity index is 1.97. The summed E-state index contributed by atoms with van der Waals surface area (Å²) in [6.07, 6.45) is 0. The van der Waals surface area contributed by atoms with Crippen LogP contribution in [0.1, 0.15) is 0 Å². The molecule has 0 fully saturated rings. The van der Waals surface area contributed by atoms with Gasteiger partial charge in [0.2, 0.25) is 0 Å². The van der Waals surface area contributed by atoms with Gasteiger partial charge in [0.25, 0.3) is 0 Å². The summed E-state index contributed by atoms with van der Waals surface area (Å²) >= 11 is -0.750. The first-order valence-electron chi connectivity index (χ1n) is 1.52. The molecule has 0 aliphatic heterocycles. The third-order valence-electron chi connectivity index (χ3n) is 0.224. The maximum atomic E-state index is 8.12. The predicted molar refractivity (Wildman–Crippen MR) is 25.2 cm³/mol. The van der Waals surface area contributed by atoms with Crippen molar-refractivity contribution in [3.05, 3.63) is 0 Å². The zero-order valence-corrected chi connectivity index (χ0v) is 7.24. The summed E-state index contributed by atoms with van der Waals surface area (Å²) in [5, 5.41) is 0. The first kappa shape index (κ1) is 4.72. The second kappa shape index (κ2) is 3.72. The third-order valence-corrected chi connectivity index (χ3v) is 3.49. The molecule has 0 aromatic rings. The van der Waals surface area contributed by atoms with Crippen molar-refractivity contribution >= 4 is 23.2 Å². The molecule has 0 rings (SSSR count). The fourth-order valence-corrected chi connectivity index (χ4v) is 0. The summed E-state index contributed by atoms with van der Waals surface area (Å²) in [6.45, 7) is 2.15. The van der Waals surface area contributed by atoms with Crippen molar-refractivity contribution < 1.29 is 4.13 Å². The SMILES string of the molecule is C[SiH2][GeH2][OH]. The predicted octanol–water partition coefficient (Wildman–Crippen LogP) is -1.81. The first-order chi connectivity index (χ1) is 1.91. The van der Waals surface area contributed by atoms with Crippen molar-refractivity contribution in [3.8, 4) is 0 Å². The van der Waals surface area contributed by atoms with Crippen molar-refractivity contribution in [1.82, 2.24) is 0 Å². The van der Waals surface area contributed by atoms with Gasteiger partial charge in [-0.05, 0) is 0 Å². The average molecular weight is 137 g/mol. The Labute approximate surface area is 34.5 Å².